The van der Waals surface area contributed by atoms with Crippen molar-refractivity contribution < 1.29 is 4.39 Å². The summed E-state index contributed by atoms with van der Waals surface area (Å²) in [4.78, 5) is 4.54. The zero-order valence-electron chi connectivity index (χ0n) is 17.4. The number of nitrogens with zero attached hydrogens (tertiary/aromatic N) is 2. The molecule has 156 valence electrons. The Kier molecular flexibility index (Phi) is 7.01. The molecule has 30 heavy (non-hydrogen) atoms. The van der Waals surface area contributed by atoms with Crippen molar-refractivity contribution in [2.75, 3.05) is 12.4 Å². The molecule has 0 fully saturated rings. The van der Waals surface area contributed by atoms with Crippen molar-refractivity contribution in [3.05, 3.63) is 93.0 Å². The van der Waals surface area contributed by atoms with E-state index in [9.17, 15) is 4.39 Å². The maximum absolute atomic E-state index is 13.9. The lowest BCUT2D eigenvalue weighted by molar-refractivity contribution is 0.609. The number of para-hydroxylation sites is 2. The molecule has 0 amide bonds. The fraction of sp³-hybridized carbons (Fsp3) is 0.208. The van der Waals surface area contributed by atoms with Gasteiger partial charge in [-0.15, -0.1) is 0 Å². The minimum Gasteiger partial charge on any atom is -0.387 e. The Morgan fingerprint density at radius 1 is 1.00 bits per heavy atom. The molecule has 0 saturated carbocycles. The quantitative estimate of drug-likeness (QED) is 0.370. The van der Waals surface area contributed by atoms with E-state index < -0.39 is 0 Å². The molecule has 6 heteroatoms. The van der Waals surface area contributed by atoms with Crippen LogP contribution in [0.5, 0.6) is 0 Å². The van der Waals surface area contributed by atoms with Crippen molar-refractivity contribution in [1.29, 1.82) is 0 Å². The molecule has 0 aliphatic rings. The lowest BCUT2D eigenvalue weighted by Gasteiger charge is -2.05. The summed E-state index contributed by atoms with van der Waals surface area (Å²) in [6.07, 6.45) is 0.452. The largest absolute Gasteiger partial charge is 0.387 e. The molecule has 0 atom stereocenters. The summed E-state index contributed by atoms with van der Waals surface area (Å²) in [5.41, 5.74) is 5.47. The van der Waals surface area contributed by atoms with Crippen LogP contribution in [0.1, 0.15) is 22.5 Å². The predicted octanol–water partition coefficient (Wildman–Crippen LogP) is 6.96. The number of rotatable bonds is 3. The second-order valence-electron chi connectivity index (χ2n) is 7.15. The topological polar surface area (TPSA) is 29.9 Å². The average Bonchev–Trinajstić information content (AvgIpc) is 3.01. The molecule has 4 rings (SSSR count). The summed E-state index contributed by atoms with van der Waals surface area (Å²) in [6.45, 7) is 3.90. The fourth-order valence-electron chi connectivity index (χ4n) is 3.34. The second kappa shape index (κ2) is 9.50. The molecule has 0 aliphatic carbocycles. The van der Waals surface area contributed by atoms with Gasteiger partial charge in [0.05, 0.1) is 26.8 Å². The molecule has 1 N–H and O–H groups in total. The molecule has 3 aromatic carbocycles. The molecule has 0 unspecified atom stereocenters. The Labute approximate surface area is 186 Å². The van der Waals surface area contributed by atoms with Crippen molar-refractivity contribution in [3.8, 4) is 0 Å². The van der Waals surface area contributed by atoms with E-state index in [-0.39, 0.29) is 5.82 Å². The van der Waals surface area contributed by atoms with Crippen LogP contribution in [0.4, 0.5) is 10.1 Å². The minimum atomic E-state index is -0.192. The highest BCUT2D eigenvalue weighted by Crippen LogP contribution is 2.25. The van der Waals surface area contributed by atoms with Gasteiger partial charge in [0.25, 0.3) is 0 Å². The van der Waals surface area contributed by atoms with Gasteiger partial charge in [0, 0.05) is 20.5 Å². The summed E-state index contributed by atoms with van der Waals surface area (Å²) in [7, 11) is 3.77. The Morgan fingerprint density at radius 2 is 1.70 bits per heavy atom. The van der Waals surface area contributed by atoms with E-state index in [1.165, 1.54) is 5.56 Å². The van der Waals surface area contributed by atoms with Crippen molar-refractivity contribution in [3.63, 3.8) is 0 Å². The number of hydrogen-bond donors (Lipinski definition) is 1. The van der Waals surface area contributed by atoms with E-state index in [4.69, 9.17) is 23.2 Å². The number of anilines is 1. The Morgan fingerprint density at radius 3 is 2.30 bits per heavy atom. The van der Waals surface area contributed by atoms with Gasteiger partial charge < -0.3 is 9.88 Å². The Hall–Kier alpha value is -2.56. The molecular formula is C24H24Cl2FN3. The summed E-state index contributed by atoms with van der Waals surface area (Å²) in [5, 5.41) is 4.47. The van der Waals surface area contributed by atoms with Crippen molar-refractivity contribution in [2.45, 2.75) is 20.3 Å². The molecule has 0 spiro atoms. The van der Waals surface area contributed by atoms with E-state index in [2.05, 4.69) is 10.3 Å². The third-order valence-corrected chi connectivity index (χ3v) is 5.59. The third kappa shape index (κ3) is 4.77. The Balaban J connectivity index is 0.000000216. The fourth-order valence-corrected chi connectivity index (χ4v) is 3.95. The molecule has 1 heterocycles. The molecule has 0 saturated heterocycles. The van der Waals surface area contributed by atoms with E-state index >= 15 is 0 Å². The van der Waals surface area contributed by atoms with Gasteiger partial charge in [0.1, 0.15) is 11.6 Å². The monoisotopic (exact) mass is 443 g/mol. The molecule has 0 bridgehead atoms. The van der Waals surface area contributed by atoms with Crippen LogP contribution >= 0.6 is 23.2 Å². The summed E-state index contributed by atoms with van der Waals surface area (Å²) in [6, 6.07) is 16.7. The first kappa shape index (κ1) is 22.1. The van der Waals surface area contributed by atoms with Gasteiger partial charge in [0.15, 0.2) is 0 Å². The highest BCUT2D eigenvalue weighted by atomic mass is 35.5. The Bertz CT molecular complexity index is 1160. The number of hydrogen-bond acceptors (Lipinski definition) is 2. The van der Waals surface area contributed by atoms with Crippen LogP contribution in [-0.4, -0.2) is 16.6 Å². The zero-order valence-corrected chi connectivity index (χ0v) is 18.9. The average molecular weight is 444 g/mol. The first-order valence-electron chi connectivity index (χ1n) is 9.59. The van der Waals surface area contributed by atoms with Crippen LogP contribution in [0, 0.1) is 19.7 Å². The van der Waals surface area contributed by atoms with Crippen molar-refractivity contribution >= 4 is 39.9 Å². The lowest BCUT2D eigenvalue weighted by atomic mass is 10.1. The predicted molar refractivity (Wildman–Crippen MR) is 125 cm³/mol. The number of fused-ring (bicyclic) bond motifs is 1. The van der Waals surface area contributed by atoms with Gasteiger partial charge in [-0.2, -0.15) is 0 Å². The smallest absolute Gasteiger partial charge is 0.127 e. The van der Waals surface area contributed by atoms with E-state index in [0.717, 1.165) is 33.1 Å². The maximum Gasteiger partial charge on any atom is 0.127 e. The second-order valence-corrected chi connectivity index (χ2v) is 7.96. The molecule has 0 radical (unpaired) electrons. The first-order valence-corrected chi connectivity index (χ1v) is 10.3. The lowest BCUT2D eigenvalue weighted by Crippen LogP contribution is -2.01. The van der Waals surface area contributed by atoms with Crippen LogP contribution in [-0.2, 0) is 13.5 Å². The molecular weight excluding hydrogens is 420 g/mol. The number of halogens is 3. The van der Waals surface area contributed by atoms with Crippen LogP contribution in [0.15, 0.2) is 54.6 Å². The number of imidazole rings is 1. The summed E-state index contributed by atoms with van der Waals surface area (Å²) in [5.74, 6) is 0.610. The number of nitrogens with one attached hydrogen (secondary N) is 1. The van der Waals surface area contributed by atoms with E-state index in [0.29, 0.717) is 17.0 Å². The van der Waals surface area contributed by atoms with Crippen LogP contribution in [0.3, 0.4) is 0 Å². The number of benzene rings is 3. The third-order valence-electron chi connectivity index (χ3n) is 4.97. The normalized spacial score (nSPS) is 10.6. The minimum absolute atomic E-state index is 0.192. The van der Waals surface area contributed by atoms with Crippen LogP contribution in [0.25, 0.3) is 11.0 Å². The number of aromatic nitrogens is 2. The van der Waals surface area contributed by atoms with Gasteiger partial charge in [-0.3, -0.25) is 0 Å². The van der Waals surface area contributed by atoms with Gasteiger partial charge in [-0.25, -0.2) is 9.37 Å². The van der Waals surface area contributed by atoms with Gasteiger partial charge in [-0.05, 0) is 54.8 Å². The van der Waals surface area contributed by atoms with Gasteiger partial charge >= 0.3 is 0 Å². The summed E-state index contributed by atoms with van der Waals surface area (Å²) < 4.78 is 15.9. The molecule has 3 nitrogen and oxygen atoms in total. The highest BCUT2D eigenvalue weighted by molar-refractivity contribution is 6.35. The summed E-state index contributed by atoms with van der Waals surface area (Å²) >= 11 is 12.1. The highest BCUT2D eigenvalue weighted by Gasteiger charge is 2.12. The van der Waals surface area contributed by atoms with E-state index in [1.54, 1.807) is 6.07 Å². The zero-order chi connectivity index (χ0) is 21.8. The van der Waals surface area contributed by atoms with Crippen molar-refractivity contribution in [1.82, 2.24) is 9.55 Å². The number of aryl methyl sites for hydroxylation is 3. The van der Waals surface area contributed by atoms with Gasteiger partial charge in [0.2, 0.25) is 0 Å². The first-order chi connectivity index (χ1) is 14.3. The van der Waals surface area contributed by atoms with Crippen LogP contribution < -0.4 is 5.32 Å². The van der Waals surface area contributed by atoms with E-state index in [1.807, 2.05) is 81.0 Å². The van der Waals surface area contributed by atoms with Crippen LogP contribution in [0.2, 0.25) is 10.0 Å². The molecule has 1 aromatic heterocycles. The van der Waals surface area contributed by atoms with Gasteiger partial charge in [-0.1, -0.05) is 53.5 Å². The SMILES string of the molecule is CNc1c(C)cccc1Cl.Cc1ccc(Cc2nc3cccc(Cl)c3n2C)c(F)c1. The molecule has 0 aliphatic heterocycles. The maximum atomic E-state index is 13.9. The standard InChI is InChI=1S/C16H14ClFN2.C8H10ClN/c1-10-6-7-11(13(18)8-10)9-15-19-14-5-3-4-12(17)16(14)20(15)2;1-6-4-3-5-7(9)8(6)10-2/h3-8H,9H2,1-2H3;3-5,10H,1-2H3. The molecule has 4 aromatic rings. The van der Waals surface area contributed by atoms with Crippen molar-refractivity contribution in [2.24, 2.45) is 7.05 Å².